The zero-order valence-corrected chi connectivity index (χ0v) is 15.0. The molecule has 0 N–H and O–H groups in total. The summed E-state index contributed by atoms with van der Waals surface area (Å²) in [5.41, 5.74) is 3.21. The Hall–Kier alpha value is -3.01. The number of rotatable bonds is 3. The second-order valence-corrected chi connectivity index (χ2v) is 6.91. The van der Waals surface area contributed by atoms with E-state index >= 15 is 0 Å². The number of carbonyl (C=O) groups excluding carboxylic acids is 1. The monoisotopic (exact) mass is 360 g/mol. The summed E-state index contributed by atoms with van der Waals surface area (Å²) in [6, 6.07) is 21.7. The van der Waals surface area contributed by atoms with Crippen LogP contribution in [0, 0.1) is 5.82 Å². The van der Waals surface area contributed by atoms with Gasteiger partial charge in [-0.2, -0.15) is 0 Å². The highest BCUT2D eigenvalue weighted by atomic mass is 19.1. The lowest BCUT2D eigenvalue weighted by atomic mass is 9.93. The fourth-order valence-corrected chi connectivity index (χ4v) is 3.65. The Labute approximate surface area is 158 Å². The fraction of sp³-hybridized carbons (Fsp3) is 0.217. The Morgan fingerprint density at radius 2 is 1.81 bits per heavy atom. The minimum absolute atomic E-state index is 0.0709. The summed E-state index contributed by atoms with van der Waals surface area (Å²) in [7, 11) is 0. The first-order valence-corrected chi connectivity index (χ1v) is 9.28. The molecular weight excluding hydrogens is 339 g/mol. The van der Waals surface area contributed by atoms with Gasteiger partial charge < -0.3 is 4.90 Å². The van der Waals surface area contributed by atoms with E-state index in [0.29, 0.717) is 6.54 Å². The molecular formula is C23H21FN2O. The predicted octanol–water partition coefficient (Wildman–Crippen LogP) is 4.91. The van der Waals surface area contributed by atoms with E-state index < -0.39 is 0 Å². The number of hydrogen-bond donors (Lipinski definition) is 0. The number of amides is 1. The van der Waals surface area contributed by atoms with Crippen LogP contribution < -0.4 is 0 Å². The van der Waals surface area contributed by atoms with Crippen LogP contribution in [0.2, 0.25) is 0 Å². The van der Waals surface area contributed by atoms with Gasteiger partial charge in [0.05, 0.1) is 5.69 Å². The van der Waals surface area contributed by atoms with Gasteiger partial charge in [-0.15, -0.1) is 0 Å². The first-order valence-electron chi connectivity index (χ1n) is 9.28. The lowest BCUT2D eigenvalue weighted by Crippen LogP contribution is -2.39. The normalized spacial score (nSPS) is 16.9. The maximum atomic E-state index is 13.5. The zero-order valence-electron chi connectivity index (χ0n) is 15.0. The Balaban J connectivity index is 1.55. The van der Waals surface area contributed by atoms with Gasteiger partial charge in [0.15, 0.2) is 0 Å². The molecule has 1 aromatic heterocycles. The molecule has 4 rings (SSSR count). The maximum Gasteiger partial charge on any atom is 0.253 e. The summed E-state index contributed by atoms with van der Waals surface area (Å²) in [4.78, 5) is 19.5. The lowest BCUT2D eigenvalue weighted by molar-refractivity contribution is 0.0706. The Morgan fingerprint density at radius 3 is 2.63 bits per heavy atom. The van der Waals surface area contributed by atoms with Crippen molar-refractivity contribution in [2.75, 3.05) is 13.1 Å². The van der Waals surface area contributed by atoms with E-state index in [-0.39, 0.29) is 17.6 Å². The van der Waals surface area contributed by atoms with Crippen LogP contribution in [0.15, 0.2) is 72.8 Å². The third-order valence-electron chi connectivity index (χ3n) is 5.04. The molecule has 0 radical (unpaired) electrons. The van der Waals surface area contributed by atoms with Crippen molar-refractivity contribution in [2.24, 2.45) is 0 Å². The summed E-state index contributed by atoms with van der Waals surface area (Å²) in [5, 5.41) is 0. The number of carbonyl (C=O) groups is 1. The average molecular weight is 360 g/mol. The highest BCUT2D eigenvalue weighted by Gasteiger charge is 2.26. The lowest BCUT2D eigenvalue weighted by Gasteiger charge is -2.32. The molecule has 1 saturated heterocycles. The van der Waals surface area contributed by atoms with Crippen LogP contribution in [0.1, 0.15) is 34.8 Å². The van der Waals surface area contributed by atoms with Crippen LogP contribution >= 0.6 is 0 Å². The number of piperidine rings is 1. The molecule has 1 amide bonds. The van der Waals surface area contributed by atoms with Crippen LogP contribution in [-0.4, -0.2) is 28.9 Å². The summed E-state index contributed by atoms with van der Waals surface area (Å²) in [5.74, 6) is -0.00138. The molecule has 4 heteroatoms. The summed E-state index contributed by atoms with van der Waals surface area (Å²) in [6.07, 6.45) is 1.95. The van der Waals surface area contributed by atoms with Crippen molar-refractivity contribution in [1.82, 2.24) is 9.88 Å². The molecule has 0 aliphatic carbocycles. The van der Waals surface area contributed by atoms with E-state index in [4.69, 9.17) is 4.98 Å². The van der Waals surface area contributed by atoms with Crippen LogP contribution in [0.5, 0.6) is 0 Å². The second-order valence-electron chi connectivity index (χ2n) is 6.91. The van der Waals surface area contributed by atoms with Crippen molar-refractivity contribution in [3.8, 4) is 11.3 Å². The molecule has 2 aromatic carbocycles. The van der Waals surface area contributed by atoms with Crippen LogP contribution in [-0.2, 0) is 0 Å². The first kappa shape index (κ1) is 17.4. The number of hydrogen-bond acceptors (Lipinski definition) is 2. The Kier molecular flexibility index (Phi) is 4.97. The van der Waals surface area contributed by atoms with Crippen molar-refractivity contribution < 1.29 is 9.18 Å². The van der Waals surface area contributed by atoms with Crippen molar-refractivity contribution in [1.29, 1.82) is 0 Å². The van der Waals surface area contributed by atoms with Gasteiger partial charge in [-0.1, -0.05) is 36.4 Å². The van der Waals surface area contributed by atoms with Crippen molar-refractivity contribution in [2.45, 2.75) is 18.8 Å². The highest BCUT2D eigenvalue weighted by Crippen LogP contribution is 2.28. The molecule has 2 heterocycles. The number of likely N-dealkylation sites (tertiary alicyclic amines) is 1. The van der Waals surface area contributed by atoms with Gasteiger partial charge in [-0.05, 0) is 49.2 Å². The Morgan fingerprint density at radius 1 is 1.00 bits per heavy atom. The first-order chi connectivity index (χ1) is 13.2. The van der Waals surface area contributed by atoms with Gasteiger partial charge in [0, 0.05) is 35.8 Å². The van der Waals surface area contributed by atoms with Gasteiger partial charge in [0.25, 0.3) is 5.91 Å². The van der Waals surface area contributed by atoms with E-state index in [0.717, 1.165) is 41.9 Å². The van der Waals surface area contributed by atoms with Crippen LogP contribution in [0.4, 0.5) is 4.39 Å². The molecule has 0 bridgehead atoms. The minimum atomic E-state index is -0.267. The SMILES string of the molecule is O=C(c1ccccc1)N1CCC[C@@H](c2cccc(-c3cccc(F)c3)n2)C1. The topological polar surface area (TPSA) is 33.2 Å². The number of aromatic nitrogens is 1. The quantitative estimate of drug-likeness (QED) is 0.665. The van der Waals surface area contributed by atoms with Crippen LogP contribution in [0.3, 0.4) is 0 Å². The number of pyridine rings is 1. The van der Waals surface area contributed by atoms with Crippen LogP contribution in [0.25, 0.3) is 11.3 Å². The van der Waals surface area contributed by atoms with E-state index in [1.54, 1.807) is 6.07 Å². The van der Waals surface area contributed by atoms with Crippen molar-refractivity contribution in [3.63, 3.8) is 0 Å². The molecule has 136 valence electrons. The van der Waals surface area contributed by atoms with Gasteiger partial charge in [0.1, 0.15) is 5.82 Å². The fourth-order valence-electron chi connectivity index (χ4n) is 3.65. The maximum absolute atomic E-state index is 13.5. The molecule has 27 heavy (non-hydrogen) atoms. The standard InChI is InChI=1S/C23H21FN2O/c24-20-11-4-9-18(15-20)21-12-5-13-22(25-21)19-10-6-14-26(16-19)23(27)17-7-2-1-3-8-17/h1-5,7-9,11-13,15,19H,6,10,14,16H2/t19-/m1/s1. The molecule has 0 spiro atoms. The Bertz CT molecular complexity index is 942. The largest absolute Gasteiger partial charge is 0.338 e. The molecule has 3 aromatic rings. The van der Waals surface area contributed by atoms with Gasteiger partial charge in [0.2, 0.25) is 0 Å². The van der Waals surface area contributed by atoms with Gasteiger partial charge in [-0.25, -0.2) is 4.39 Å². The summed E-state index contributed by atoms with van der Waals surface area (Å²) < 4.78 is 13.5. The number of halogens is 1. The van der Waals surface area contributed by atoms with Gasteiger partial charge in [-0.3, -0.25) is 9.78 Å². The molecule has 1 aliphatic rings. The van der Waals surface area contributed by atoms with Crippen molar-refractivity contribution >= 4 is 5.91 Å². The van der Waals surface area contributed by atoms with E-state index in [1.807, 2.05) is 59.5 Å². The third-order valence-corrected chi connectivity index (χ3v) is 5.04. The molecule has 3 nitrogen and oxygen atoms in total. The molecule has 0 saturated carbocycles. The summed E-state index contributed by atoms with van der Waals surface area (Å²) >= 11 is 0. The number of benzene rings is 2. The molecule has 1 fully saturated rings. The summed E-state index contributed by atoms with van der Waals surface area (Å²) in [6.45, 7) is 1.43. The van der Waals surface area contributed by atoms with E-state index in [2.05, 4.69) is 0 Å². The highest BCUT2D eigenvalue weighted by molar-refractivity contribution is 5.94. The predicted molar refractivity (Wildman–Crippen MR) is 104 cm³/mol. The van der Waals surface area contributed by atoms with E-state index in [1.165, 1.54) is 12.1 Å². The smallest absolute Gasteiger partial charge is 0.253 e. The van der Waals surface area contributed by atoms with Crippen molar-refractivity contribution in [3.05, 3.63) is 89.9 Å². The third kappa shape index (κ3) is 3.90. The molecule has 1 aliphatic heterocycles. The van der Waals surface area contributed by atoms with E-state index in [9.17, 15) is 9.18 Å². The zero-order chi connectivity index (χ0) is 18.6. The average Bonchev–Trinajstić information content (AvgIpc) is 2.74. The molecule has 0 unspecified atom stereocenters. The number of nitrogens with zero attached hydrogens (tertiary/aromatic N) is 2. The second kappa shape index (κ2) is 7.70. The van der Waals surface area contributed by atoms with Gasteiger partial charge >= 0.3 is 0 Å². The molecule has 1 atom stereocenters. The minimum Gasteiger partial charge on any atom is -0.338 e.